The molecule has 3 heterocycles. The smallest absolute Gasteiger partial charge is 0.163 e. The van der Waals surface area contributed by atoms with Crippen LogP contribution in [0.4, 0.5) is 5.82 Å². The zero-order valence-corrected chi connectivity index (χ0v) is 15.4. The quantitative estimate of drug-likeness (QED) is 0.699. The highest BCUT2D eigenvalue weighted by Gasteiger charge is 2.23. The summed E-state index contributed by atoms with van der Waals surface area (Å²) in [5.41, 5.74) is 4.87. The maximum absolute atomic E-state index is 4.82. The summed E-state index contributed by atoms with van der Waals surface area (Å²) in [6, 6.07) is 14.8. The number of rotatable bonds is 3. The van der Waals surface area contributed by atoms with Crippen LogP contribution >= 0.6 is 0 Å². The summed E-state index contributed by atoms with van der Waals surface area (Å²) >= 11 is 0. The molecule has 0 radical (unpaired) electrons. The van der Waals surface area contributed by atoms with E-state index in [1.165, 1.54) is 11.1 Å². The average molecular weight is 344 g/mol. The Morgan fingerprint density at radius 1 is 0.962 bits per heavy atom. The topological polar surface area (TPSA) is 41.9 Å². The van der Waals surface area contributed by atoms with Crippen LogP contribution in [-0.4, -0.2) is 28.0 Å². The van der Waals surface area contributed by atoms with Gasteiger partial charge in [-0.25, -0.2) is 9.97 Å². The molecule has 0 amide bonds. The Labute approximate surface area is 155 Å². The summed E-state index contributed by atoms with van der Waals surface area (Å²) in [4.78, 5) is 16.0. The molecule has 132 valence electrons. The summed E-state index contributed by atoms with van der Waals surface area (Å²) < 4.78 is 0. The van der Waals surface area contributed by atoms with E-state index < -0.39 is 0 Å². The first-order chi connectivity index (χ1) is 12.7. The van der Waals surface area contributed by atoms with Gasteiger partial charge in [-0.1, -0.05) is 24.3 Å². The lowest BCUT2D eigenvalue weighted by Crippen LogP contribution is -2.33. The van der Waals surface area contributed by atoms with Gasteiger partial charge in [-0.15, -0.1) is 0 Å². The standard InChI is InChI=1S/C22H24N4/c1-16-6-3-4-8-20(16)18-9-12-26(13-10-18)21-14-17(2)24-22(25-21)19-7-5-11-23-15-19/h3-8,11,14-15,18H,9-10,12-13H2,1-2H3. The van der Waals surface area contributed by atoms with Crippen molar-refractivity contribution in [1.29, 1.82) is 0 Å². The Hall–Kier alpha value is -2.75. The molecule has 0 bridgehead atoms. The van der Waals surface area contributed by atoms with Crippen LogP contribution < -0.4 is 4.90 Å². The molecule has 3 aromatic rings. The minimum Gasteiger partial charge on any atom is -0.356 e. The lowest BCUT2D eigenvalue weighted by molar-refractivity contribution is 0.501. The van der Waals surface area contributed by atoms with Gasteiger partial charge >= 0.3 is 0 Å². The number of aromatic nitrogens is 3. The van der Waals surface area contributed by atoms with Crippen LogP contribution in [0.1, 0.15) is 35.6 Å². The predicted octanol–water partition coefficient (Wildman–Crippen LogP) is 4.54. The summed E-state index contributed by atoms with van der Waals surface area (Å²) in [5.74, 6) is 2.43. The van der Waals surface area contributed by atoms with E-state index in [4.69, 9.17) is 4.98 Å². The highest BCUT2D eigenvalue weighted by atomic mass is 15.2. The third kappa shape index (κ3) is 3.45. The van der Waals surface area contributed by atoms with Crippen molar-refractivity contribution >= 4 is 5.82 Å². The van der Waals surface area contributed by atoms with Crippen molar-refractivity contribution in [3.63, 3.8) is 0 Å². The minimum atomic E-state index is 0.646. The van der Waals surface area contributed by atoms with Gasteiger partial charge in [0.1, 0.15) is 5.82 Å². The van der Waals surface area contributed by atoms with Crippen molar-refractivity contribution in [3.05, 3.63) is 71.7 Å². The van der Waals surface area contributed by atoms with Crippen molar-refractivity contribution in [2.75, 3.05) is 18.0 Å². The van der Waals surface area contributed by atoms with Crippen LogP contribution in [0.5, 0.6) is 0 Å². The summed E-state index contributed by atoms with van der Waals surface area (Å²) in [7, 11) is 0. The van der Waals surface area contributed by atoms with E-state index in [1.807, 2.05) is 25.3 Å². The van der Waals surface area contributed by atoms with E-state index in [0.717, 1.165) is 48.8 Å². The Kier molecular flexibility index (Phi) is 4.65. The number of pyridine rings is 1. The van der Waals surface area contributed by atoms with E-state index in [-0.39, 0.29) is 0 Å². The maximum Gasteiger partial charge on any atom is 0.163 e. The second-order valence-corrected chi connectivity index (χ2v) is 7.05. The van der Waals surface area contributed by atoms with Crippen LogP contribution in [0, 0.1) is 13.8 Å². The molecule has 4 heteroatoms. The Morgan fingerprint density at radius 2 is 1.77 bits per heavy atom. The molecule has 0 aliphatic carbocycles. The SMILES string of the molecule is Cc1cc(N2CCC(c3ccccc3C)CC2)nc(-c2cccnc2)n1. The van der Waals surface area contributed by atoms with Gasteiger partial charge in [0, 0.05) is 42.8 Å². The van der Waals surface area contributed by atoms with E-state index in [9.17, 15) is 0 Å². The van der Waals surface area contributed by atoms with Gasteiger partial charge in [-0.2, -0.15) is 0 Å². The highest BCUT2D eigenvalue weighted by molar-refractivity contribution is 5.57. The van der Waals surface area contributed by atoms with Gasteiger partial charge in [0.15, 0.2) is 5.82 Å². The lowest BCUT2D eigenvalue weighted by atomic mass is 9.87. The van der Waals surface area contributed by atoms with Crippen molar-refractivity contribution in [2.24, 2.45) is 0 Å². The molecule has 4 nitrogen and oxygen atoms in total. The summed E-state index contributed by atoms with van der Waals surface area (Å²) in [5, 5.41) is 0. The van der Waals surface area contributed by atoms with Crippen molar-refractivity contribution < 1.29 is 0 Å². The van der Waals surface area contributed by atoms with Gasteiger partial charge in [-0.3, -0.25) is 4.98 Å². The highest BCUT2D eigenvalue weighted by Crippen LogP contribution is 2.32. The molecule has 0 atom stereocenters. The van der Waals surface area contributed by atoms with Crippen LogP contribution in [0.2, 0.25) is 0 Å². The van der Waals surface area contributed by atoms with Crippen LogP contribution in [0.15, 0.2) is 54.9 Å². The lowest BCUT2D eigenvalue weighted by Gasteiger charge is -2.33. The van der Waals surface area contributed by atoms with E-state index >= 15 is 0 Å². The Bertz CT molecular complexity index is 884. The predicted molar refractivity (Wildman–Crippen MR) is 105 cm³/mol. The maximum atomic E-state index is 4.82. The molecule has 1 fully saturated rings. The first-order valence-electron chi connectivity index (χ1n) is 9.27. The molecule has 1 aromatic carbocycles. The molecule has 0 spiro atoms. The zero-order chi connectivity index (χ0) is 17.9. The first kappa shape index (κ1) is 16.7. The van der Waals surface area contributed by atoms with Gasteiger partial charge in [0.25, 0.3) is 0 Å². The third-order valence-corrected chi connectivity index (χ3v) is 5.21. The molecule has 26 heavy (non-hydrogen) atoms. The molecular formula is C22H24N4. The number of nitrogens with zero attached hydrogens (tertiary/aromatic N) is 4. The van der Waals surface area contributed by atoms with Crippen molar-refractivity contribution in [3.8, 4) is 11.4 Å². The third-order valence-electron chi connectivity index (χ3n) is 5.21. The molecular weight excluding hydrogens is 320 g/mol. The van der Waals surface area contributed by atoms with Gasteiger partial charge in [-0.05, 0) is 55.9 Å². The van der Waals surface area contributed by atoms with Gasteiger partial charge in [0.2, 0.25) is 0 Å². The molecule has 1 aliphatic rings. The number of anilines is 1. The molecule has 0 unspecified atom stereocenters. The van der Waals surface area contributed by atoms with E-state index in [1.54, 1.807) is 6.20 Å². The number of hydrogen-bond acceptors (Lipinski definition) is 4. The summed E-state index contributed by atoms with van der Waals surface area (Å²) in [6.07, 6.45) is 5.92. The molecule has 1 aliphatic heterocycles. The van der Waals surface area contributed by atoms with Crippen LogP contribution in [-0.2, 0) is 0 Å². The minimum absolute atomic E-state index is 0.646. The average Bonchev–Trinajstić information content (AvgIpc) is 2.69. The molecule has 4 rings (SSSR count). The van der Waals surface area contributed by atoms with Crippen molar-refractivity contribution in [2.45, 2.75) is 32.6 Å². The number of benzene rings is 1. The second kappa shape index (κ2) is 7.24. The Morgan fingerprint density at radius 3 is 2.50 bits per heavy atom. The fourth-order valence-electron chi connectivity index (χ4n) is 3.80. The number of hydrogen-bond donors (Lipinski definition) is 0. The molecule has 0 saturated carbocycles. The first-order valence-corrected chi connectivity index (χ1v) is 9.27. The zero-order valence-electron chi connectivity index (χ0n) is 15.4. The normalized spacial score (nSPS) is 15.2. The fraction of sp³-hybridized carbons (Fsp3) is 0.318. The van der Waals surface area contributed by atoms with E-state index in [2.05, 4.69) is 52.1 Å². The molecule has 1 saturated heterocycles. The summed E-state index contributed by atoms with van der Waals surface area (Å²) in [6.45, 7) is 6.31. The number of piperidine rings is 1. The van der Waals surface area contributed by atoms with Gasteiger partial charge in [0.05, 0.1) is 0 Å². The monoisotopic (exact) mass is 344 g/mol. The van der Waals surface area contributed by atoms with Gasteiger partial charge < -0.3 is 4.90 Å². The second-order valence-electron chi connectivity index (χ2n) is 7.05. The van der Waals surface area contributed by atoms with Crippen LogP contribution in [0.25, 0.3) is 11.4 Å². The number of aryl methyl sites for hydroxylation is 2. The van der Waals surface area contributed by atoms with Crippen LogP contribution in [0.3, 0.4) is 0 Å². The van der Waals surface area contributed by atoms with E-state index in [0.29, 0.717) is 5.92 Å². The van der Waals surface area contributed by atoms with Crippen molar-refractivity contribution in [1.82, 2.24) is 15.0 Å². The largest absolute Gasteiger partial charge is 0.356 e. The Balaban J connectivity index is 1.53. The fourth-order valence-corrected chi connectivity index (χ4v) is 3.80. The molecule has 2 aromatic heterocycles. The molecule has 0 N–H and O–H groups in total.